The zero-order chi connectivity index (χ0) is 24.7. The summed E-state index contributed by atoms with van der Waals surface area (Å²) in [5.41, 5.74) is 2.98. The number of fused-ring (bicyclic) bond motifs is 3. The monoisotopic (exact) mass is 480 g/mol. The molecule has 1 saturated heterocycles. The molecule has 0 bridgehead atoms. The summed E-state index contributed by atoms with van der Waals surface area (Å²) in [4.78, 5) is 25.0. The largest absolute Gasteiger partial charge is 0.352 e. The fourth-order valence-corrected chi connectivity index (χ4v) is 4.95. The van der Waals surface area contributed by atoms with E-state index in [9.17, 15) is 18.9 Å². The van der Waals surface area contributed by atoms with Gasteiger partial charge >= 0.3 is 0 Å². The van der Waals surface area contributed by atoms with Crippen LogP contribution in [0.25, 0.3) is 21.9 Å². The number of halogens is 2. The molecular formula is C25H26F2N6O2. The van der Waals surface area contributed by atoms with Crippen LogP contribution in [0.15, 0.2) is 42.7 Å². The average molecular weight is 481 g/mol. The van der Waals surface area contributed by atoms with Crippen LogP contribution in [0.5, 0.6) is 0 Å². The molecule has 3 heterocycles. The Kier molecular flexibility index (Phi) is 6.06. The second kappa shape index (κ2) is 9.18. The number of aromatic nitrogens is 3. The van der Waals surface area contributed by atoms with E-state index in [2.05, 4.69) is 24.3 Å². The third kappa shape index (κ3) is 4.18. The molecule has 0 saturated carbocycles. The maximum Gasteiger partial charge on any atom is 0.280 e. The van der Waals surface area contributed by atoms with Crippen LogP contribution in [0, 0.1) is 21.7 Å². The van der Waals surface area contributed by atoms with Crippen molar-refractivity contribution in [2.75, 3.05) is 37.6 Å². The van der Waals surface area contributed by atoms with Crippen molar-refractivity contribution in [2.24, 2.45) is 0 Å². The molecule has 5 rings (SSSR count). The van der Waals surface area contributed by atoms with Gasteiger partial charge in [-0.05, 0) is 44.0 Å². The number of anilines is 1. The summed E-state index contributed by atoms with van der Waals surface area (Å²) in [5.74, 6) is -0.877. The first-order valence-corrected chi connectivity index (χ1v) is 11.7. The summed E-state index contributed by atoms with van der Waals surface area (Å²) in [6.45, 7) is 7.87. The Morgan fingerprint density at radius 2 is 1.83 bits per heavy atom. The van der Waals surface area contributed by atoms with Gasteiger partial charge in [0.25, 0.3) is 5.69 Å². The van der Waals surface area contributed by atoms with Gasteiger partial charge in [0, 0.05) is 44.8 Å². The molecule has 1 aliphatic rings. The number of hydrogen-bond donors (Lipinski definition) is 0. The van der Waals surface area contributed by atoms with E-state index in [4.69, 9.17) is 0 Å². The third-order valence-electron chi connectivity index (χ3n) is 6.65. The maximum absolute atomic E-state index is 13.5. The van der Waals surface area contributed by atoms with Crippen LogP contribution >= 0.6 is 0 Å². The van der Waals surface area contributed by atoms with Gasteiger partial charge in [-0.25, -0.2) is 18.7 Å². The first-order chi connectivity index (χ1) is 16.8. The van der Waals surface area contributed by atoms with E-state index in [-0.39, 0.29) is 16.7 Å². The van der Waals surface area contributed by atoms with E-state index >= 15 is 0 Å². The molecule has 0 spiro atoms. The molecule has 10 heteroatoms. The van der Waals surface area contributed by atoms with Crippen molar-refractivity contribution in [3.63, 3.8) is 0 Å². The highest BCUT2D eigenvalue weighted by atomic mass is 19.2. The molecule has 0 unspecified atom stereocenters. The molecule has 4 aromatic rings. The molecule has 8 nitrogen and oxygen atoms in total. The quantitative estimate of drug-likeness (QED) is 0.294. The van der Waals surface area contributed by atoms with Crippen LogP contribution in [0.2, 0.25) is 0 Å². The van der Waals surface area contributed by atoms with Gasteiger partial charge < -0.3 is 9.47 Å². The van der Waals surface area contributed by atoms with E-state index in [0.29, 0.717) is 17.3 Å². The van der Waals surface area contributed by atoms with Crippen LogP contribution in [0.1, 0.15) is 25.5 Å². The van der Waals surface area contributed by atoms with Gasteiger partial charge in [-0.15, -0.1) is 0 Å². The van der Waals surface area contributed by atoms with E-state index in [1.165, 1.54) is 24.5 Å². The van der Waals surface area contributed by atoms with Crippen molar-refractivity contribution in [1.29, 1.82) is 0 Å². The molecule has 0 radical (unpaired) electrons. The van der Waals surface area contributed by atoms with Crippen molar-refractivity contribution in [2.45, 2.75) is 26.3 Å². The van der Waals surface area contributed by atoms with Crippen LogP contribution in [0.3, 0.4) is 0 Å². The lowest BCUT2D eigenvalue weighted by atomic mass is 10.1. The number of nitro groups is 1. The average Bonchev–Trinajstić information content (AvgIpc) is 3.20. The van der Waals surface area contributed by atoms with Gasteiger partial charge in [-0.1, -0.05) is 12.1 Å². The molecule has 0 atom stereocenters. The Morgan fingerprint density at radius 1 is 1.06 bits per heavy atom. The van der Waals surface area contributed by atoms with Crippen molar-refractivity contribution in [3.8, 4) is 0 Å². The van der Waals surface area contributed by atoms with Crippen molar-refractivity contribution in [1.82, 2.24) is 19.4 Å². The lowest BCUT2D eigenvalue weighted by Gasteiger charge is -2.35. The van der Waals surface area contributed by atoms with Gasteiger partial charge in [0.15, 0.2) is 17.5 Å². The summed E-state index contributed by atoms with van der Waals surface area (Å²) < 4.78 is 28.8. The Hall–Kier alpha value is -3.66. The van der Waals surface area contributed by atoms with Crippen molar-refractivity contribution in [3.05, 3.63) is 70.0 Å². The number of benzene rings is 2. The van der Waals surface area contributed by atoms with Crippen LogP contribution in [-0.4, -0.2) is 57.1 Å². The van der Waals surface area contributed by atoms with Gasteiger partial charge in [-0.3, -0.25) is 15.0 Å². The summed E-state index contributed by atoms with van der Waals surface area (Å²) in [5, 5.41) is 12.3. The fraction of sp³-hybridized carbons (Fsp3) is 0.360. The third-order valence-corrected chi connectivity index (χ3v) is 6.65. The van der Waals surface area contributed by atoms with Gasteiger partial charge in [0.05, 0.1) is 10.4 Å². The first kappa shape index (κ1) is 23.1. The first-order valence-electron chi connectivity index (χ1n) is 11.7. The van der Waals surface area contributed by atoms with E-state index in [1.54, 1.807) is 12.1 Å². The van der Waals surface area contributed by atoms with E-state index in [1.807, 2.05) is 19.9 Å². The Morgan fingerprint density at radius 3 is 2.51 bits per heavy atom. The molecule has 0 aliphatic carbocycles. The van der Waals surface area contributed by atoms with Gasteiger partial charge in [-0.2, -0.15) is 0 Å². The number of nitrogens with zero attached hydrogens (tertiary/aromatic N) is 6. The number of nitro benzene ring substituents is 1. The number of rotatable bonds is 6. The topological polar surface area (TPSA) is 80.3 Å². The molecule has 2 aromatic heterocycles. The number of non-ortho nitro benzene ring substituents is 1. The molecular weight excluding hydrogens is 454 g/mol. The minimum atomic E-state index is -0.831. The molecule has 1 aliphatic heterocycles. The van der Waals surface area contributed by atoms with E-state index < -0.39 is 11.6 Å². The van der Waals surface area contributed by atoms with Crippen LogP contribution in [0.4, 0.5) is 20.3 Å². The predicted molar refractivity (Wildman–Crippen MR) is 131 cm³/mol. The molecule has 0 amide bonds. The van der Waals surface area contributed by atoms with Crippen LogP contribution in [-0.2, 0) is 6.42 Å². The van der Waals surface area contributed by atoms with E-state index in [0.717, 1.165) is 55.1 Å². The second-order valence-corrected chi connectivity index (χ2v) is 9.11. The lowest BCUT2D eigenvalue weighted by Crippen LogP contribution is -2.47. The minimum absolute atomic E-state index is 0.0404. The highest BCUT2D eigenvalue weighted by Gasteiger charge is 2.27. The Labute approximate surface area is 200 Å². The Bertz CT molecular complexity index is 1410. The van der Waals surface area contributed by atoms with Crippen molar-refractivity contribution >= 4 is 33.4 Å². The van der Waals surface area contributed by atoms with Gasteiger partial charge in [0.1, 0.15) is 22.7 Å². The normalized spacial score (nSPS) is 14.9. The smallest absolute Gasteiger partial charge is 0.280 e. The molecule has 1 fully saturated rings. The molecule has 35 heavy (non-hydrogen) atoms. The second-order valence-electron chi connectivity index (χ2n) is 9.11. The van der Waals surface area contributed by atoms with Crippen molar-refractivity contribution < 1.29 is 13.7 Å². The number of piperazine rings is 1. The summed E-state index contributed by atoms with van der Waals surface area (Å²) in [6, 6.07) is 9.21. The number of hydrogen-bond acceptors (Lipinski definition) is 6. The fourth-order valence-electron chi connectivity index (χ4n) is 4.95. The van der Waals surface area contributed by atoms with Gasteiger partial charge in [0.2, 0.25) is 0 Å². The summed E-state index contributed by atoms with van der Waals surface area (Å²) >= 11 is 0. The zero-order valence-corrected chi connectivity index (χ0v) is 19.6. The maximum atomic E-state index is 13.5. The zero-order valence-electron chi connectivity index (χ0n) is 19.6. The minimum Gasteiger partial charge on any atom is -0.352 e. The summed E-state index contributed by atoms with van der Waals surface area (Å²) in [7, 11) is 0. The van der Waals surface area contributed by atoms with Crippen LogP contribution < -0.4 is 4.90 Å². The molecule has 2 aromatic carbocycles. The SMILES string of the molecule is CC(C)n1c2cccc([N+](=O)[O-])c2c2ncnc(N3CCN(CCc4ccc(F)c(F)c4)CC3)c21. The highest BCUT2D eigenvalue weighted by molar-refractivity contribution is 6.13. The Balaban J connectivity index is 1.42. The lowest BCUT2D eigenvalue weighted by molar-refractivity contribution is -0.383. The molecule has 182 valence electrons. The molecule has 0 N–H and O–H groups in total. The summed E-state index contributed by atoms with van der Waals surface area (Å²) in [6.07, 6.45) is 2.12. The highest BCUT2D eigenvalue weighted by Crippen LogP contribution is 2.39. The predicted octanol–water partition coefficient (Wildman–Crippen LogP) is 4.72. The standard InChI is InChI=1S/C25H26F2N6O2/c1-16(2)32-20-4-3-5-21(33(34)35)22(20)23-24(32)25(29-15-28-23)31-12-10-30(11-13-31)9-8-17-6-7-18(26)19(27)14-17/h3-7,14-16H,8-13H2,1-2H3.